The van der Waals surface area contributed by atoms with Gasteiger partial charge in [-0.05, 0) is 20.8 Å². The number of hydrogen-bond acceptors (Lipinski definition) is 3. The van der Waals surface area contributed by atoms with Gasteiger partial charge in [0.05, 0.1) is 12.4 Å². The molecule has 0 aromatic carbocycles. The molecule has 4 nitrogen and oxygen atoms in total. The number of carbonyl (C=O) groups excluding carboxylic acids is 2. The fraction of sp³-hybridized carbons (Fsp3) is 0.750. The number of alkyl carbamates (subject to hydrolysis) is 1. The van der Waals surface area contributed by atoms with Crippen molar-refractivity contribution in [1.82, 2.24) is 5.32 Å². The number of rotatable bonds is 3. The van der Waals surface area contributed by atoms with E-state index in [4.69, 9.17) is 16.3 Å². The molecule has 1 N–H and O–H groups in total. The van der Waals surface area contributed by atoms with E-state index in [1.165, 1.54) is 0 Å². The van der Waals surface area contributed by atoms with Crippen molar-refractivity contribution in [2.24, 2.45) is 0 Å². The third-order valence-electron chi connectivity index (χ3n) is 0.978. The number of ketones is 1. The highest BCUT2D eigenvalue weighted by Crippen LogP contribution is 2.05. The molecule has 0 bridgehead atoms. The number of nitrogens with one attached hydrogen (secondary N) is 1. The Labute approximate surface area is 82.6 Å². The second-order valence-electron chi connectivity index (χ2n) is 3.53. The first kappa shape index (κ1) is 12.2. The zero-order valence-electron chi connectivity index (χ0n) is 8.02. The molecule has 0 unspecified atom stereocenters. The molecule has 5 heteroatoms. The Bertz CT molecular complexity index is 198. The van der Waals surface area contributed by atoms with Gasteiger partial charge in [-0.15, -0.1) is 11.6 Å². The van der Waals surface area contributed by atoms with Crippen LogP contribution in [0.4, 0.5) is 4.79 Å². The summed E-state index contributed by atoms with van der Waals surface area (Å²) in [7, 11) is 0. The van der Waals surface area contributed by atoms with E-state index in [0.29, 0.717) is 0 Å². The molecule has 13 heavy (non-hydrogen) atoms. The van der Waals surface area contributed by atoms with Crippen LogP contribution in [0.5, 0.6) is 0 Å². The molecule has 0 heterocycles. The number of alkyl halides is 1. The van der Waals surface area contributed by atoms with Gasteiger partial charge in [-0.2, -0.15) is 0 Å². The third kappa shape index (κ3) is 7.59. The summed E-state index contributed by atoms with van der Waals surface area (Å²) in [6, 6.07) is 0. The van der Waals surface area contributed by atoms with E-state index in [2.05, 4.69) is 5.32 Å². The first-order chi connectivity index (χ1) is 5.85. The highest BCUT2D eigenvalue weighted by atomic mass is 35.5. The highest BCUT2D eigenvalue weighted by molar-refractivity contribution is 6.28. The van der Waals surface area contributed by atoms with Gasteiger partial charge in [0.1, 0.15) is 5.60 Å². The van der Waals surface area contributed by atoms with Gasteiger partial charge in [-0.3, -0.25) is 4.79 Å². The van der Waals surface area contributed by atoms with Crippen LogP contribution >= 0.6 is 11.6 Å². The second-order valence-corrected chi connectivity index (χ2v) is 3.80. The number of Topliss-reactive ketones (excluding diaryl/α,β-unsaturated/α-hetero) is 1. The van der Waals surface area contributed by atoms with Crippen molar-refractivity contribution in [2.75, 3.05) is 12.4 Å². The zero-order valence-corrected chi connectivity index (χ0v) is 8.77. The molecule has 0 saturated carbocycles. The minimum atomic E-state index is -0.606. The summed E-state index contributed by atoms with van der Waals surface area (Å²) in [4.78, 5) is 21.6. The van der Waals surface area contributed by atoms with E-state index >= 15 is 0 Å². The Kier molecular flexibility index (Phi) is 4.77. The van der Waals surface area contributed by atoms with Crippen molar-refractivity contribution in [2.45, 2.75) is 26.4 Å². The maximum absolute atomic E-state index is 11.0. The van der Waals surface area contributed by atoms with Gasteiger partial charge < -0.3 is 10.1 Å². The van der Waals surface area contributed by atoms with Crippen LogP contribution in [0.15, 0.2) is 0 Å². The molecular formula is C8H14ClNO3. The quantitative estimate of drug-likeness (QED) is 0.711. The largest absolute Gasteiger partial charge is 0.444 e. The Hall–Kier alpha value is -0.770. The smallest absolute Gasteiger partial charge is 0.408 e. The molecule has 0 aromatic rings. The summed E-state index contributed by atoms with van der Waals surface area (Å²) in [6.45, 7) is 5.15. The minimum Gasteiger partial charge on any atom is -0.444 e. The average molecular weight is 208 g/mol. The Morgan fingerprint density at radius 3 is 2.31 bits per heavy atom. The van der Waals surface area contributed by atoms with Gasteiger partial charge in [0.15, 0.2) is 5.78 Å². The monoisotopic (exact) mass is 207 g/mol. The SMILES string of the molecule is CC(C)(C)OC(=O)NCC(=O)CCl. The van der Waals surface area contributed by atoms with Crippen LogP contribution in [0.25, 0.3) is 0 Å². The van der Waals surface area contributed by atoms with Crippen LogP contribution in [-0.4, -0.2) is 29.9 Å². The molecule has 0 aliphatic heterocycles. The lowest BCUT2D eigenvalue weighted by atomic mass is 10.2. The van der Waals surface area contributed by atoms with Crippen LogP contribution in [0.2, 0.25) is 0 Å². The molecule has 0 rings (SSSR count). The van der Waals surface area contributed by atoms with Crippen molar-refractivity contribution in [3.05, 3.63) is 0 Å². The second kappa shape index (κ2) is 5.07. The zero-order chi connectivity index (χ0) is 10.5. The van der Waals surface area contributed by atoms with E-state index in [0.717, 1.165) is 0 Å². The van der Waals surface area contributed by atoms with E-state index in [1.807, 2.05) is 0 Å². The van der Waals surface area contributed by atoms with Gasteiger partial charge in [0, 0.05) is 0 Å². The topological polar surface area (TPSA) is 55.4 Å². The molecule has 1 amide bonds. The third-order valence-corrected chi connectivity index (χ3v) is 1.28. The van der Waals surface area contributed by atoms with E-state index in [9.17, 15) is 9.59 Å². The van der Waals surface area contributed by atoms with Crippen LogP contribution in [0.1, 0.15) is 20.8 Å². The minimum absolute atomic E-state index is 0.0849. The normalized spacial score (nSPS) is 10.8. The molecule has 0 fully saturated rings. The predicted molar refractivity (Wildman–Crippen MR) is 50.0 cm³/mol. The summed E-state index contributed by atoms with van der Waals surface area (Å²) in [5.41, 5.74) is -0.548. The van der Waals surface area contributed by atoms with Crippen molar-refractivity contribution in [3.63, 3.8) is 0 Å². The number of hydrogen-bond donors (Lipinski definition) is 1. The molecule has 0 aromatic heterocycles. The van der Waals surface area contributed by atoms with Gasteiger partial charge in [0.2, 0.25) is 0 Å². The number of carbonyl (C=O) groups is 2. The lowest BCUT2D eigenvalue weighted by Crippen LogP contribution is -2.35. The first-order valence-electron chi connectivity index (χ1n) is 3.89. The Morgan fingerprint density at radius 1 is 1.38 bits per heavy atom. The summed E-state index contributed by atoms with van der Waals surface area (Å²) in [6.07, 6.45) is -0.606. The fourth-order valence-electron chi connectivity index (χ4n) is 0.532. The molecular weight excluding hydrogens is 194 g/mol. The maximum atomic E-state index is 11.0. The van der Waals surface area contributed by atoms with Crippen LogP contribution in [0, 0.1) is 0 Å². The van der Waals surface area contributed by atoms with Crippen LogP contribution in [0.3, 0.4) is 0 Å². The fourth-order valence-corrected chi connectivity index (χ4v) is 0.627. The van der Waals surface area contributed by atoms with E-state index < -0.39 is 11.7 Å². The number of halogens is 1. The molecule has 0 saturated heterocycles. The van der Waals surface area contributed by atoms with Gasteiger partial charge in [-0.1, -0.05) is 0 Å². The maximum Gasteiger partial charge on any atom is 0.408 e. The summed E-state index contributed by atoms with van der Waals surface area (Å²) >= 11 is 5.23. The van der Waals surface area contributed by atoms with Crippen molar-refractivity contribution < 1.29 is 14.3 Å². The predicted octanol–water partition coefficient (Wildman–Crippen LogP) is 1.32. The highest BCUT2D eigenvalue weighted by Gasteiger charge is 2.16. The lowest BCUT2D eigenvalue weighted by molar-refractivity contribution is -0.115. The molecule has 0 aliphatic rings. The molecule has 0 radical (unpaired) electrons. The van der Waals surface area contributed by atoms with E-state index in [-0.39, 0.29) is 18.2 Å². The Balaban J connectivity index is 3.71. The Morgan fingerprint density at radius 2 is 1.92 bits per heavy atom. The van der Waals surface area contributed by atoms with E-state index in [1.54, 1.807) is 20.8 Å². The van der Waals surface area contributed by atoms with Crippen LogP contribution in [-0.2, 0) is 9.53 Å². The molecule has 0 atom stereocenters. The van der Waals surface area contributed by atoms with Crippen molar-refractivity contribution in [1.29, 1.82) is 0 Å². The lowest BCUT2D eigenvalue weighted by Gasteiger charge is -2.19. The summed E-state index contributed by atoms with van der Waals surface area (Å²) in [5, 5.41) is 2.29. The summed E-state index contributed by atoms with van der Waals surface area (Å²) < 4.78 is 4.89. The average Bonchev–Trinajstić information content (AvgIpc) is 1.97. The number of amides is 1. The standard InChI is InChI=1S/C8H14ClNO3/c1-8(2,3)13-7(12)10-5-6(11)4-9/h4-5H2,1-3H3,(H,10,12). The first-order valence-corrected chi connectivity index (χ1v) is 4.43. The summed E-state index contributed by atoms with van der Waals surface area (Å²) in [5.74, 6) is -0.344. The number of ether oxygens (including phenoxy) is 1. The van der Waals surface area contributed by atoms with Crippen molar-refractivity contribution >= 4 is 23.5 Å². The van der Waals surface area contributed by atoms with Crippen LogP contribution < -0.4 is 5.32 Å². The van der Waals surface area contributed by atoms with Gasteiger partial charge >= 0.3 is 6.09 Å². The van der Waals surface area contributed by atoms with Gasteiger partial charge in [-0.25, -0.2) is 4.79 Å². The van der Waals surface area contributed by atoms with Crippen molar-refractivity contribution in [3.8, 4) is 0 Å². The molecule has 76 valence electrons. The molecule has 0 aliphatic carbocycles. The molecule has 0 spiro atoms. The van der Waals surface area contributed by atoms with Gasteiger partial charge in [0.25, 0.3) is 0 Å².